The largest absolute Gasteiger partial charge is 1.00 e. The molecule has 0 aliphatic rings. The average molecular weight is 365 g/mol. The zero-order chi connectivity index (χ0) is 15.1. The number of aromatic hydroxyl groups is 1. The van der Waals surface area contributed by atoms with Crippen molar-refractivity contribution in [2.24, 2.45) is 0 Å². The molecule has 1 amide bonds. The van der Waals surface area contributed by atoms with Crippen molar-refractivity contribution in [3.63, 3.8) is 0 Å². The summed E-state index contributed by atoms with van der Waals surface area (Å²) in [7, 11) is 0. The molecule has 4 nitrogen and oxygen atoms in total. The molecule has 2 N–H and O–H groups in total. The summed E-state index contributed by atoms with van der Waals surface area (Å²) in [6, 6.07) is 10.9. The zero-order valence-electron chi connectivity index (χ0n) is 12.6. The predicted molar refractivity (Wildman–Crippen MR) is 82.0 cm³/mol. The van der Waals surface area contributed by atoms with Gasteiger partial charge in [0.15, 0.2) is 12.4 Å². The van der Waals surface area contributed by atoms with Gasteiger partial charge in [0.25, 0.3) is 0 Å². The molecule has 0 aliphatic carbocycles. The molecular weight excluding hydrogens is 344 g/mol. The van der Waals surface area contributed by atoms with Gasteiger partial charge in [0.2, 0.25) is 5.91 Å². The Bertz CT molecular complexity index is 603. The highest BCUT2D eigenvalue weighted by molar-refractivity contribution is 5.91. The lowest BCUT2D eigenvalue weighted by molar-refractivity contribution is -0.697. The Kier molecular flexibility index (Phi) is 7.60. The molecule has 0 aliphatic heterocycles. The summed E-state index contributed by atoms with van der Waals surface area (Å²) < 4.78 is 2.11. The summed E-state index contributed by atoms with van der Waals surface area (Å²) in [5.41, 5.74) is 1.62. The number of hydrogen-bond acceptors (Lipinski definition) is 2. The second kappa shape index (κ2) is 9.20. The third-order valence-electron chi connectivity index (χ3n) is 3.33. The van der Waals surface area contributed by atoms with Gasteiger partial charge in [-0.15, -0.1) is 0 Å². The summed E-state index contributed by atoms with van der Waals surface area (Å²) in [5.74, 6) is 0.229. The molecule has 0 fully saturated rings. The van der Waals surface area contributed by atoms with Crippen LogP contribution in [0, 0.1) is 6.92 Å². The van der Waals surface area contributed by atoms with E-state index in [2.05, 4.69) is 9.88 Å². The van der Waals surface area contributed by atoms with E-state index in [0.29, 0.717) is 6.42 Å². The summed E-state index contributed by atoms with van der Waals surface area (Å²) in [4.78, 5) is 11.9. The van der Waals surface area contributed by atoms with E-state index in [0.717, 1.165) is 30.6 Å². The number of halogens is 1. The lowest BCUT2D eigenvalue weighted by atomic mass is 10.1. The molecule has 2 rings (SSSR count). The first kappa shape index (κ1) is 18.2. The third kappa shape index (κ3) is 5.85. The smallest absolute Gasteiger partial charge is 0.224 e. The van der Waals surface area contributed by atoms with E-state index in [-0.39, 0.29) is 28.6 Å². The van der Waals surface area contributed by atoms with Gasteiger partial charge in [0.05, 0.1) is 0 Å². The minimum absolute atomic E-state index is 0. The Hall–Kier alpha value is -1.88. The Morgan fingerprint density at radius 1 is 1.18 bits per heavy atom. The summed E-state index contributed by atoms with van der Waals surface area (Å²) in [5, 5.41) is 12.2. The van der Waals surface area contributed by atoms with Gasteiger partial charge in [-0.1, -0.05) is 6.07 Å². The van der Waals surface area contributed by atoms with Crippen molar-refractivity contribution < 1.29 is 31.4 Å². The highest BCUT2D eigenvalue weighted by Gasteiger charge is 2.06. The number of hydrogen-bond donors (Lipinski definition) is 2. The van der Waals surface area contributed by atoms with Crippen molar-refractivity contribution in [1.82, 2.24) is 0 Å². The monoisotopic (exact) mass is 364 g/mol. The number of nitrogens with zero attached hydrogens (tertiary/aromatic N) is 1. The topological polar surface area (TPSA) is 53.2 Å². The van der Waals surface area contributed by atoms with Crippen LogP contribution in [-0.2, 0) is 11.3 Å². The van der Waals surface area contributed by atoms with Gasteiger partial charge in [0.1, 0.15) is 12.3 Å². The van der Waals surface area contributed by atoms with Gasteiger partial charge in [-0.3, -0.25) is 4.79 Å². The van der Waals surface area contributed by atoms with Crippen LogP contribution in [0.15, 0.2) is 48.8 Å². The second-order valence-electron chi connectivity index (χ2n) is 5.12. The number of aryl methyl sites for hydroxylation is 2. The second-order valence-corrected chi connectivity index (χ2v) is 5.12. The van der Waals surface area contributed by atoms with Crippen molar-refractivity contribution in [3.05, 3.63) is 54.4 Å². The lowest BCUT2D eigenvalue weighted by Gasteiger charge is -2.08. The van der Waals surface area contributed by atoms with Crippen molar-refractivity contribution in [2.45, 2.75) is 32.7 Å². The number of carbonyl (C=O) groups is 1. The normalized spacial score (nSPS) is 9.86. The predicted octanol–water partition coefficient (Wildman–Crippen LogP) is -0.199. The van der Waals surface area contributed by atoms with Gasteiger partial charge in [0, 0.05) is 30.7 Å². The fourth-order valence-electron chi connectivity index (χ4n) is 2.16. The molecule has 0 saturated carbocycles. The van der Waals surface area contributed by atoms with Crippen molar-refractivity contribution in [1.29, 1.82) is 0 Å². The molecule has 0 unspecified atom stereocenters. The van der Waals surface area contributed by atoms with Crippen LogP contribution < -0.4 is 26.9 Å². The molecule has 118 valence electrons. The minimum Gasteiger partial charge on any atom is -1.00 e. The number of carbonyl (C=O) groups excluding carboxylic acids is 1. The van der Waals surface area contributed by atoms with Crippen LogP contribution in [0.3, 0.4) is 0 Å². The molecule has 0 atom stereocenters. The molecule has 1 heterocycles. The fourth-order valence-corrected chi connectivity index (χ4v) is 2.16. The maximum Gasteiger partial charge on any atom is 0.224 e. The molecule has 1 aromatic carbocycles. The maximum absolute atomic E-state index is 11.9. The lowest BCUT2D eigenvalue weighted by Crippen LogP contribution is -3.00. The number of rotatable bonds is 6. The van der Waals surface area contributed by atoms with E-state index in [1.807, 2.05) is 37.5 Å². The number of benzene rings is 1. The fraction of sp³-hybridized carbons (Fsp3) is 0.294. The van der Waals surface area contributed by atoms with E-state index < -0.39 is 0 Å². The average Bonchev–Trinajstić information content (AvgIpc) is 2.48. The Morgan fingerprint density at radius 3 is 2.59 bits per heavy atom. The van der Waals surface area contributed by atoms with Crippen LogP contribution in [0.5, 0.6) is 5.75 Å². The molecule has 2 aromatic rings. The number of anilines is 1. The van der Waals surface area contributed by atoms with Crippen molar-refractivity contribution in [3.8, 4) is 5.75 Å². The van der Waals surface area contributed by atoms with Gasteiger partial charge in [-0.05, 0) is 37.1 Å². The van der Waals surface area contributed by atoms with E-state index in [1.54, 1.807) is 18.2 Å². The molecule has 5 heteroatoms. The van der Waals surface area contributed by atoms with Gasteiger partial charge < -0.3 is 27.4 Å². The molecular formula is C17H21BrN2O2. The quantitative estimate of drug-likeness (QED) is 0.423. The minimum atomic E-state index is 0. The SMILES string of the molecule is Cc1cc(O)ccc1NC(=O)CCCC[n+]1ccccc1.[Br-]. The molecule has 22 heavy (non-hydrogen) atoms. The van der Waals surface area contributed by atoms with E-state index >= 15 is 0 Å². The standard InChI is InChI=1S/C17H20N2O2.BrH/c1-14-13-15(20)8-9-16(14)18-17(21)7-3-6-12-19-10-4-2-5-11-19;/h2,4-5,8-11,13H,3,6-7,12H2,1H3,(H-,18,20,21);1H. The number of nitrogens with one attached hydrogen (secondary N) is 1. The number of unbranched alkanes of at least 4 members (excludes halogenated alkanes) is 1. The molecule has 0 spiro atoms. The van der Waals surface area contributed by atoms with Crippen LogP contribution in [-0.4, -0.2) is 11.0 Å². The molecule has 0 bridgehead atoms. The zero-order valence-corrected chi connectivity index (χ0v) is 14.2. The Labute approximate surface area is 141 Å². The maximum atomic E-state index is 11.9. The number of amides is 1. The summed E-state index contributed by atoms with van der Waals surface area (Å²) in [6.07, 6.45) is 6.38. The Balaban J connectivity index is 0.00000242. The Morgan fingerprint density at radius 2 is 1.91 bits per heavy atom. The highest BCUT2D eigenvalue weighted by atomic mass is 79.9. The van der Waals surface area contributed by atoms with E-state index in [1.165, 1.54) is 0 Å². The number of pyridine rings is 1. The third-order valence-corrected chi connectivity index (χ3v) is 3.33. The van der Waals surface area contributed by atoms with Crippen LogP contribution in [0.4, 0.5) is 5.69 Å². The number of aromatic nitrogens is 1. The van der Waals surface area contributed by atoms with Crippen molar-refractivity contribution in [2.75, 3.05) is 5.32 Å². The summed E-state index contributed by atoms with van der Waals surface area (Å²) in [6.45, 7) is 2.79. The first-order valence-corrected chi connectivity index (χ1v) is 7.19. The first-order chi connectivity index (χ1) is 10.1. The van der Waals surface area contributed by atoms with Crippen LogP contribution in [0.1, 0.15) is 24.8 Å². The first-order valence-electron chi connectivity index (χ1n) is 7.19. The van der Waals surface area contributed by atoms with E-state index in [9.17, 15) is 9.90 Å². The van der Waals surface area contributed by atoms with Gasteiger partial charge in [-0.2, -0.15) is 0 Å². The molecule has 0 radical (unpaired) electrons. The van der Waals surface area contributed by atoms with Crippen LogP contribution in [0.25, 0.3) is 0 Å². The van der Waals surface area contributed by atoms with E-state index in [4.69, 9.17) is 0 Å². The van der Waals surface area contributed by atoms with Gasteiger partial charge >= 0.3 is 0 Å². The van der Waals surface area contributed by atoms with Gasteiger partial charge in [-0.25, -0.2) is 4.57 Å². The molecule has 1 aromatic heterocycles. The summed E-state index contributed by atoms with van der Waals surface area (Å²) >= 11 is 0. The molecule has 0 saturated heterocycles. The number of phenolic OH excluding ortho intramolecular Hbond substituents is 1. The van der Waals surface area contributed by atoms with Crippen LogP contribution in [0.2, 0.25) is 0 Å². The number of phenols is 1. The van der Waals surface area contributed by atoms with Crippen LogP contribution >= 0.6 is 0 Å². The van der Waals surface area contributed by atoms with Crippen molar-refractivity contribution >= 4 is 11.6 Å². The highest BCUT2D eigenvalue weighted by Crippen LogP contribution is 2.20.